The summed E-state index contributed by atoms with van der Waals surface area (Å²) in [6.45, 7) is 5.86. The molecular weight excluding hydrogens is 252 g/mol. The predicted octanol–water partition coefficient (Wildman–Crippen LogP) is 1.88. The van der Waals surface area contributed by atoms with Gasteiger partial charge in [-0.1, -0.05) is 13.8 Å². The summed E-state index contributed by atoms with van der Waals surface area (Å²) in [7, 11) is 4.07. The molecule has 0 radical (unpaired) electrons. The van der Waals surface area contributed by atoms with Gasteiger partial charge in [-0.3, -0.25) is 4.79 Å². The molecule has 20 heavy (non-hydrogen) atoms. The molecule has 108 valence electrons. The SMILES string of the molecule is CN(C)CC(C)(C)CNC(=O)c1ccc2nc[nH]c2c1. The molecule has 0 saturated heterocycles. The fourth-order valence-corrected chi connectivity index (χ4v) is 2.41. The van der Waals surface area contributed by atoms with Gasteiger partial charge in [0.05, 0.1) is 17.4 Å². The Morgan fingerprint density at radius 3 is 2.85 bits per heavy atom. The highest BCUT2D eigenvalue weighted by molar-refractivity contribution is 5.97. The molecule has 5 nitrogen and oxygen atoms in total. The number of carbonyl (C=O) groups is 1. The summed E-state index contributed by atoms with van der Waals surface area (Å²) in [6.07, 6.45) is 1.63. The van der Waals surface area contributed by atoms with Crippen molar-refractivity contribution in [2.45, 2.75) is 13.8 Å². The third-order valence-electron chi connectivity index (χ3n) is 3.15. The molecule has 0 spiro atoms. The van der Waals surface area contributed by atoms with Crippen LogP contribution in [0.4, 0.5) is 0 Å². The van der Waals surface area contributed by atoms with Crippen molar-refractivity contribution in [2.75, 3.05) is 27.2 Å². The Hall–Kier alpha value is -1.88. The van der Waals surface area contributed by atoms with E-state index in [-0.39, 0.29) is 11.3 Å². The van der Waals surface area contributed by atoms with E-state index in [2.05, 4.69) is 34.0 Å². The van der Waals surface area contributed by atoms with Gasteiger partial charge in [-0.15, -0.1) is 0 Å². The van der Waals surface area contributed by atoms with Crippen LogP contribution in [-0.4, -0.2) is 48.0 Å². The maximum Gasteiger partial charge on any atom is 0.251 e. The summed E-state index contributed by atoms with van der Waals surface area (Å²) in [6, 6.07) is 5.49. The van der Waals surface area contributed by atoms with E-state index >= 15 is 0 Å². The van der Waals surface area contributed by atoms with Crippen LogP contribution >= 0.6 is 0 Å². The minimum atomic E-state index is -0.0478. The average molecular weight is 274 g/mol. The lowest BCUT2D eigenvalue weighted by atomic mass is 9.93. The second-order valence-corrected chi connectivity index (χ2v) is 6.22. The Morgan fingerprint density at radius 1 is 1.40 bits per heavy atom. The number of amides is 1. The summed E-state index contributed by atoms with van der Waals surface area (Å²) < 4.78 is 0. The summed E-state index contributed by atoms with van der Waals surface area (Å²) in [5.41, 5.74) is 2.44. The number of H-pyrrole nitrogens is 1. The van der Waals surface area contributed by atoms with Crippen LogP contribution in [0.2, 0.25) is 0 Å². The fourth-order valence-electron chi connectivity index (χ4n) is 2.41. The summed E-state index contributed by atoms with van der Waals surface area (Å²) in [5.74, 6) is -0.0478. The Morgan fingerprint density at radius 2 is 2.15 bits per heavy atom. The van der Waals surface area contributed by atoms with Gasteiger partial charge in [-0.25, -0.2) is 4.98 Å². The number of nitrogens with zero attached hydrogens (tertiary/aromatic N) is 2. The number of rotatable bonds is 5. The lowest BCUT2D eigenvalue weighted by Gasteiger charge is -2.28. The summed E-state index contributed by atoms with van der Waals surface area (Å²) >= 11 is 0. The van der Waals surface area contributed by atoms with Gasteiger partial charge < -0.3 is 15.2 Å². The molecule has 0 aliphatic rings. The molecule has 1 heterocycles. The molecule has 0 aliphatic heterocycles. The second kappa shape index (κ2) is 5.63. The van der Waals surface area contributed by atoms with E-state index in [9.17, 15) is 4.79 Å². The second-order valence-electron chi connectivity index (χ2n) is 6.22. The van der Waals surface area contributed by atoms with Crippen molar-refractivity contribution in [3.8, 4) is 0 Å². The Bertz CT molecular complexity index is 601. The number of imidazole rings is 1. The monoisotopic (exact) mass is 274 g/mol. The molecule has 0 bridgehead atoms. The topological polar surface area (TPSA) is 61.0 Å². The van der Waals surface area contributed by atoms with Gasteiger partial charge in [0.1, 0.15) is 0 Å². The third-order valence-corrected chi connectivity index (χ3v) is 3.15. The number of nitrogens with one attached hydrogen (secondary N) is 2. The molecule has 5 heteroatoms. The van der Waals surface area contributed by atoms with Crippen molar-refractivity contribution in [1.82, 2.24) is 20.2 Å². The number of hydrogen-bond acceptors (Lipinski definition) is 3. The van der Waals surface area contributed by atoms with E-state index in [1.807, 2.05) is 26.2 Å². The molecule has 2 N–H and O–H groups in total. The number of benzene rings is 1. The quantitative estimate of drug-likeness (QED) is 0.875. The highest BCUT2D eigenvalue weighted by Crippen LogP contribution is 2.15. The van der Waals surface area contributed by atoms with Crippen LogP contribution in [0.1, 0.15) is 24.2 Å². The first kappa shape index (κ1) is 14.5. The van der Waals surface area contributed by atoms with E-state index in [0.717, 1.165) is 17.6 Å². The molecule has 0 saturated carbocycles. The zero-order valence-corrected chi connectivity index (χ0v) is 12.5. The number of aromatic amines is 1. The first-order valence-corrected chi connectivity index (χ1v) is 6.73. The van der Waals surface area contributed by atoms with Crippen molar-refractivity contribution in [3.05, 3.63) is 30.1 Å². The molecule has 2 rings (SSSR count). The predicted molar refractivity (Wildman–Crippen MR) is 80.8 cm³/mol. The number of hydrogen-bond donors (Lipinski definition) is 2. The van der Waals surface area contributed by atoms with Crippen LogP contribution in [0.25, 0.3) is 11.0 Å². The first-order chi connectivity index (χ1) is 9.37. The third kappa shape index (κ3) is 3.57. The zero-order valence-electron chi connectivity index (χ0n) is 12.5. The lowest BCUT2D eigenvalue weighted by molar-refractivity contribution is 0.0929. The number of aromatic nitrogens is 2. The van der Waals surface area contributed by atoms with Gasteiger partial charge in [-0.2, -0.15) is 0 Å². The minimum absolute atomic E-state index is 0.0389. The molecule has 0 atom stereocenters. The molecule has 1 amide bonds. The van der Waals surface area contributed by atoms with Crippen LogP contribution in [-0.2, 0) is 0 Å². The highest BCUT2D eigenvalue weighted by Gasteiger charge is 2.20. The average Bonchev–Trinajstić information content (AvgIpc) is 2.81. The van der Waals surface area contributed by atoms with Crippen LogP contribution in [0.15, 0.2) is 24.5 Å². The number of fused-ring (bicyclic) bond motifs is 1. The van der Waals surface area contributed by atoms with E-state index in [1.165, 1.54) is 0 Å². The molecular formula is C15H22N4O. The van der Waals surface area contributed by atoms with Crippen molar-refractivity contribution < 1.29 is 4.79 Å². The maximum absolute atomic E-state index is 12.2. The van der Waals surface area contributed by atoms with Crippen molar-refractivity contribution in [3.63, 3.8) is 0 Å². The van der Waals surface area contributed by atoms with Crippen LogP contribution in [0, 0.1) is 5.41 Å². The standard InChI is InChI=1S/C15H22N4O/c1-15(2,9-19(3)4)8-16-14(20)11-5-6-12-13(7-11)18-10-17-12/h5-7,10H,8-9H2,1-4H3,(H,16,20)(H,17,18). The van der Waals surface area contributed by atoms with Gasteiger partial charge in [0.25, 0.3) is 5.91 Å². The van der Waals surface area contributed by atoms with E-state index in [4.69, 9.17) is 0 Å². The molecule has 1 aromatic carbocycles. The Labute approximate surface area is 119 Å². The van der Waals surface area contributed by atoms with Gasteiger partial charge in [0.2, 0.25) is 0 Å². The normalized spacial score (nSPS) is 12.1. The van der Waals surface area contributed by atoms with Crippen molar-refractivity contribution >= 4 is 16.9 Å². The zero-order chi connectivity index (χ0) is 14.8. The molecule has 0 aliphatic carbocycles. The molecule has 0 unspecified atom stereocenters. The van der Waals surface area contributed by atoms with Crippen LogP contribution < -0.4 is 5.32 Å². The van der Waals surface area contributed by atoms with Gasteiger partial charge >= 0.3 is 0 Å². The van der Waals surface area contributed by atoms with E-state index < -0.39 is 0 Å². The fraction of sp³-hybridized carbons (Fsp3) is 0.467. The molecule has 0 fully saturated rings. The Balaban J connectivity index is 2.01. The first-order valence-electron chi connectivity index (χ1n) is 6.73. The van der Waals surface area contributed by atoms with Crippen LogP contribution in [0.3, 0.4) is 0 Å². The van der Waals surface area contributed by atoms with Gasteiger partial charge in [-0.05, 0) is 37.7 Å². The molecule has 2 aromatic rings. The van der Waals surface area contributed by atoms with E-state index in [0.29, 0.717) is 12.1 Å². The van der Waals surface area contributed by atoms with Crippen LogP contribution in [0.5, 0.6) is 0 Å². The summed E-state index contributed by atoms with van der Waals surface area (Å²) in [5, 5.41) is 3.00. The Kier molecular flexibility index (Phi) is 4.09. The minimum Gasteiger partial charge on any atom is -0.351 e. The highest BCUT2D eigenvalue weighted by atomic mass is 16.1. The maximum atomic E-state index is 12.2. The largest absolute Gasteiger partial charge is 0.351 e. The summed E-state index contributed by atoms with van der Waals surface area (Å²) in [4.78, 5) is 21.5. The number of carbonyl (C=O) groups excluding carboxylic acids is 1. The lowest BCUT2D eigenvalue weighted by Crippen LogP contribution is -2.39. The van der Waals surface area contributed by atoms with E-state index in [1.54, 1.807) is 12.4 Å². The van der Waals surface area contributed by atoms with Gasteiger partial charge in [0.15, 0.2) is 0 Å². The smallest absolute Gasteiger partial charge is 0.251 e. The molecule has 1 aromatic heterocycles. The van der Waals surface area contributed by atoms with Crippen molar-refractivity contribution in [2.24, 2.45) is 5.41 Å². The van der Waals surface area contributed by atoms with Gasteiger partial charge in [0, 0.05) is 18.7 Å². The van der Waals surface area contributed by atoms with Crippen molar-refractivity contribution in [1.29, 1.82) is 0 Å².